The lowest BCUT2D eigenvalue weighted by molar-refractivity contribution is -0.610. The lowest BCUT2D eigenvalue weighted by atomic mass is 9.99. The fraction of sp³-hybridized carbons (Fsp3) is 0.105. The van der Waals surface area contributed by atoms with E-state index in [0.29, 0.717) is 26.6 Å². The van der Waals surface area contributed by atoms with Crippen molar-refractivity contribution in [3.8, 4) is 5.69 Å². The molecule has 8 heteroatoms. The van der Waals surface area contributed by atoms with Crippen LogP contribution in [-0.2, 0) is 0 Å². The van der Waals surface area contributed by atoms with E-state index in [2.05, 4.69) is 41.8 Å². The van der Waals surface area contributed by atoms with Gasteiger partial charge < -0.3 is 0 Å². The minimum absolute atomic E-state index is 0.154. The Morgan fingerprint density at radius 1 is 1.07 bits per heavy atom. The van der Waals surface area contributed by atoms with Crippen LogP contribution >= 0.6 is 43.5 Å². The molecule has 0 aliphatic carbocycles. The van der Waals surface area contributed by atoms with Gasteiger partial charge in [-0.2, -0.15) is 4.57 Å². The highest BCUT2D eigenvalue weighted by Crippen LogP contribution is 2.35. The van der Waals surface area contributed by atoms with Gasteiger partial charge >= 0.3 is 5.82 Å². The van der Waals surface area contributed by atoms with Crippen LogP contribution in [0.5, 0.6) is 0 Å². The van der Waals surface area contributed by atoms with Gasteiger partial charge in [0, 0.05) is 4.47 Å². The van der Waals surface area contributed by atoms with E-state index < -0.39 is 17.7 Å². The Kier molecular flexibility index (Phi) is 4.86. The topological polar surface area (TPSA) is 29.1 Å². The molecule has 1 aromatic heterocycles. The Bertz CT molecular complexity index is 1100. The quantitative estimate of drug-likeness (QED) is 0.382. The van der Waals surface area contributed by atoms with Gasteiger partial charge in [0.05, 0.1) is 21.9 Å². The molecule has 0 N–H and O–H groups in total. The first-order valence-electron chi connectivity index (χ1n) is 7.96. The van der Waals surface area contributed by atoms with Crippen LogP contribution in [-0.4, -0.2) is 10.7 Å². The summed E-state index contributed by atoms with van der Waals surface area (Å²) in [5.74, 6) is -0.773. The van der Waals surface area contributed by atoms with Crippen LogP contribution in [0.3, 0.4) is 0 Å². The van der Waals surface area contributed by atoms with Gasteiger partial charge in [-0.3, -0.25) is 4.99 Å². The summed E-state index contributed by atoms with van der Waals surface area (Å²) < 4.78 is 32.4. The molecule has 0 radical (unpaired) electrons. The second-order valence-corrected chi connectivity index (χ2v) is 8.15. The zero-order valence-electron chi connectivity index (χ0n) is 13.9. The third-order valence-electron chi connectivity index (χ3n) is 4.28. The number of nitrogens with zero attached hydrogens (tertiary/aromatic N) is 3. The molecule has 136 valence electrons. The highest BCUT2D eigenvalue weighted by Gasteiger charge is 2.33. The fourth-order valence-corrected chi connectivity index (χ4v) is 4.00. The molecule has 1 aliphatic rings. The van der Waals surface area contributed by atoms with Crippen LogP contribution in [0.2, 0.25) is 5.02 Å². The normalized spacial score (nSPS) is 15.6. The number of aliphatic imine (C=N–C) groups is 1. The van der Waals surface area contributed by atoms with Crippen molar-refractivity contribution >= 4 is 49.2 Å². The Labute approximate surface area is 176 Å². The minimum atomic E-state index is -0.701. The third-order valence-corrected chi connectivity index (χ3v) is 5.98. The molecule has 4 rings (SSSR count). The zero-order valence-corrected chi connectivity index (χ0v) is 17.8. The van der Waals surface area contributed by atoms with Crippen LogP contribution in [0.15, 0.2) is 56.7 Å². The summed E-state index contributed by atoms with van der Waals surface area (Å²) in [6.07, 6.45) is 3.49. The van der Waals surface area contributed by atoms with E-state index in [1.807, 2.05) is 23.8 Å². The molecule has 2 aromatic carbocycles. The number of aromatic nitrogens is 2. The van der Waals surface area contributed by atoms with Gasteiger partial charge in [0.15, 0.2) is 12.2 Å². The molecule has 0 fully saturated rings. The van der Waals surface area contributed by atoms with E-state index in [1.54, 1.807) is 12.3 Å². The van der Waals surface area contributed by atoms with E-state index in [1.165, 1.54) is 18.2 Å². The highest BCUT2D eigenvalue weighted by atomic mass is 79.9. The van der Waals surface area contributed by atoms with Crippen LogP contribution in [0.1, 0.15) is 29.9 Å². The SMILES string of the molecule is C[C@@H]1N=C(c2c(F)cccc2F)c2c(ccc(Br)c2Cl)-[n+]2cc(Br)cnc21. The molecular formula is C19H11Br2ClF2N3+. The smallest absolute Gasteiger partial charge is 0.268 e. The molecule has 0 bridgehead atoms. The number of hydrogen-bond donors (Lipinski definition) is 0. The molecule has 0 saturated carbocycles. The summed E-state index contributed by atoms with van der Waals surface area (Å²) in [5, 5.41) is 0.321. The molecule has 0 unspecified atom stereocenters. The predicted octanol–water partition coefficient (Wildman–Crippen LogP) is 5.73. The molecule has 1 atom stereocenters. The molecule has 0 saturated heterocycles. The number of fused-ring (bicyclic) bond motifs is 3. The van der Waals surface area contributed by atoms with Crippen molar-refractivity contribution in [2.75, 3.05) is 0 Å². The lowest BCUT2D eigenvalue weighted by Crippen LogP contribution is -2.38. The Balaban J connectivity index is 2.14. The summed E-state index contributed by atoms with van der Waals surface area (Å²) in [6, 6.07) is 6.88. The number of rotatable bonds is 1. The van der Waals surface area contributed by atoms with E-state index >= 15 is 0 Å². The van der Waals surface area contributed by atoms with Crippen molar-refractivity contribution in [2.45, 2.75) is 13.0 Å². The summed E-state index contributed by atoms with van der Waals surface area (Å²) in [7, 11) is 0. The summed E-state index contributed by atoms with van der Waals surface area (Å²) in [6.45, 7) is 1.82. The average Bonchev–Trinajstić information content (AvgIpc) is 2.73. The van der Waals surface area contributed by atoms with Crippen molar-refractivity contribution in [3.63, 3.8) is 0 Å². The average molecular weight is 515 g/mol. The number of halogens is 5. The molecule has 0 amide bonds. The second-order valence-electron chi connectivity index (χ2n) is 6.01. The van der Waals surface area contributed by atoms with E-state index in [-0.39, 0.29) is 11.3 Å². The van der Waals surface area contributed by atoms with Crippen LogP contribution in [0, 0.1) is 11.6 Å². The molecular weight excluding hydrogens is 503 g/mol. The maximum atomic E-state index is 14.6. The molecule has 27 heavy (non-hydrogen) atoms. The van der Waals surface area contributed by atoms with Crippen LogP contribution < -0.4 is 4.57 Å². The third kappa shape index (κ3) is 3.11. The van der Waals surface area contributed by atoms with Crippen molar-refractivity contribution in [2.24, 2.45) is 4.99 Å². The maximum absolute atomic E-state index is 14.6. The molecule has 2 heterocycles. The first-order chi connectivity index (χ1) is 12.9. The van der Waals surface area contributed by atoms with E-state index in [9.17, 15) is 8.78 Å². The van der Waals surface area contributed by atoms with Gasteiger partial charge in [-0.25, -0.2) is 8.78 Å². The van der Waals surface area contributed by atoms with E-state index in [0.717, 1.165) is 4.47 Å². The fourth-order valence-electron chi connectivity index (χ4n) is 3.11. The maximum Gasteiger partial charge on any atom is 0.327 e. The van der Waals surface area contributed by atoms with Gasteiger partial charge in [0.25, 0.3) is 0 Å². The van der Waals surface area contributed by atoms with Gasteiger partial charge in [-0.1, -0.05) is 22.7 Å². The first-order valence-corrected chi connectivity index (χ1v) is 9.93. The van der Waals surface area contributed by atoms with Gasteiger partial charge in [-0.15, -0.1) is 0 Å². The lowest BCUT2D eigenvalue weighted by Gasteiger charge is -2.13. The summed E-state index contributed by atoms with van der Waals surface area (Å²) in [5.41, 5.74) is 1.02. The van der Waals surface area contributed by atoms with Crippen molar-refractivity contribution in [3.05, 3.63) is 85.3 Å². The van der Waals surface area contributed by atoms with E-state index in [4.69, 9.17) is 11.6 Å². The van der Waals surface area contributed by atoms with Crippen LogP contribution in [0.4, 0.5) is 8.78 Å². The van der Waals surface area contributed by atoms with Crippen molar-refractivity contribution in [1.82, 2.24) is 4.98 Å². The summed E-state index contributed by atoms with van der Waals surface area (Å²) in [4.78, 5) is 9.07. The summed E-state index contributed by atoms with van der Waals surface area (Å²) >= 11 is 13.4. The highest BCUT2D eigenvalue weighted by molar-refractivity contribution is 9.10. The Morgan fingerprint density at radius 2 is 1.78 bits per heavy atom. The number of hydrogen-bond acceptors (Lipinski definition) is 2. The van der Waals surface area contributed by atoms with Crippen molar-refractivity contribution in [1.29, 1.82) is 0 Å². The van der Waals surface area contributed by atoms with Gasteiger partial charge in [-0.05, 0) is 63.0 Å². The number of benzene rings is 2. The van der Waals surface area contributed by atoms with Gasteiger partial charge in [0.1, 0.15) is 28.0 Å². The molecule has 3 nitrogen and oxygen atoms in total. The van der Waals surface area contributed by atoms with Crippen LogP contribution in [0.25, 0.3) is 5.69 Å². The minimum Gasteiger partial charge on any atom is -0.268 e. The van der Waals surface area contributed by atoms with Gasteiger partial charge in [0.2, 0.25) is 0 Å². The molecule has 1 aliphatic heterocycles. The standard InChI is InChI=1S/C19H11Br2ClF2N3/c1-9-19-25-7-10(20)8-27(19)14-6-5-11(21)17(22)16(14)18(26-9)15-12(23)3-2-4-13(15)24/h2-9H,1H3/q+1/t9-/m0/s1. The Hall–Kier alpha value is -1.70. The Morgan fingerprint density at radius 3 is 2.48 bits per heavy atom. The monoisotopic (exact) mass is 512 g/mol. The second kappa shape index (κ2) is 7.04. The first kappa shape index (κ1) is 18.7. The zero-order chi connectivity index (χ0) is 19.3. The molecule has 3 aromatic rings. The van der Waals surface area contributed by atoms with Crippen molar-refractivity contribution < 1.29 is 13.3 Å². The predicted molar refractivity (Wildman–Crippen MR) is 107 cm³/mol. The largest absolute Gasteiger partial charge is 0.327 e. The molecule has 0 spiro atoms.